The number of piperidine rings is 1. The number of hydrogen-bond acceptors (Lipinski definition) is 6. The molecule has 3 N–H and O–H groups in total. The van der Waals surface area contributed by atoms with Gasteiger partial charge in [0.05, 0.1) is 23.6 Å². The standard InChI is InChI=1S/C16H18F3N5O2S/c17-16(18,19)14-22-12(23-24-14)8-21-13(25)11-7-9-10(27-11)1-6-26-15(9)2-4-20-5-3-15/h7,20H,1-6,8H2,(H,21,25)(H,22,23,24). The van der Waals surface area contributed by atoms with Crippen LogP contribution in [0.15, 0.2) is 6.07 Å². The molecule has 2 aromatic rings. The molecule has 1 amide bonds. The zero-order chi connectivity index (χ0) is 19.1. The number of alkyl halides is 3. The number of aromatic amines is 1. The van der Waals surface area contributed by atoms with Crippen LogP contribution in [0, 0.1) is 0 Å². The highest BCUT2D eigenvalue weighted by Crippen LogP contribution is 2.43. The fourth-order valence-electron chi connectivity index (χ4n) is 3.53. The van der Waals surface area contributed by atoms with E-state index < -0.39 is 12.0 Å². The van der Waals surface area contributed by atoms with Crippen molar-refractivity contribution in [3.63, 3.8) is 0 Å². The normalized spacial score (nSPS) is 19.1. The van der Waals surface area contributed by atoms with Crippen molar-refractivity contribution in [2.45, 2.75) is 37.6 Å². The van der Waals surface area contributed by atoms with Gasteiger partial charge < -0.3 is 15.4 Å². The van der Waals surface area contributed by atoms with Gasteiger partial charge in [0.2, 0.25) is 0 Å². The van der Waals surface area contributed by atoms with E-state index in [1.807, 2.05) is 6.07 Å². The van der Waals surface area contributed by atoms with Crippen LogP contribution in [-0.4, -0.2) is 40.8 Å². The summed E-state index contributed by atoms with van der Waals surface area (Å²) in [6, 6.07) is 1.86. The second-order valence-electron chi connectivity index (χ2n) is 6.58. The van der Waals surface area contributed by atoms with E-state index in [1.54, 1.807) is 0 Å². The Morgan fingerprint density at radius 3 is 2.85 bits per heavy atom. The first-order valence-corrected chi connectivity index (χ1v) is 9.44. The first-order valence-electron chi connectivity index (χ1n) is 8.62. The van der Waals surface area contributed by atoms with Gasteiger partial charge in [0.15, 0.2) is 0 Å². The number of halogens is 3. The second-order valence-corrected chi connectivity index (χ2v) is 7.71. The quantitative estimate of drug-likeness (QED) is 0.732. The van der Waals surface area contributed by atoms with Gasteiger partial charge in [-0.3, -0.25) is 9.89 Å². The summed E-state index contributed by atoms with van der Waals surface area (Å²) in [5, 5.41) is 11.2. The van der Waals surface area contributed by atoms with Gasteiger partial charge in [-0.15, -0.1) is 16.4 Å². The zero-order valence-electron chi connectivity index (χ0n) is 14.3. The number of amides is 1. The number of rotatable bonds is 3. The molecule has 4 rings (SSSR count). The van der Waals surface area contributed by atoms with E-state index in [9.17, 15) is 18.0 Å². The lowest BCUT2D eigenvalue weighted by Gasteiger charge is -2.40. The Hall–Kier alpha value is -1.98. The van der Waals surface area contributed by atoms with Crippen molar-refractivity contribution in [2.24, 2.45) is 0 Å². The number of H-pyrrole nitrogens is 1. The Morgan fingerprint density at radius 2 is 2.15 bits per heavy atom. The maximum absolute atomic E-state index is 12.5. The van der Waals surface area contributed by atoms with Gasteiger partial charge in [-0.25, -0.2) is 4.98 Å². The fraction of sp³-hybridized carbons (Fsp3) is 0.562. The first kappa shape index (κ1) is 18.4. The summed E-state index contributed by atoms with van der Waals surface area (Å²) in [5.41, 5.74) is 0.741. The monoisotopic (exact) mass is 401 g/mol. The van der Waals surface area contributed by atoms with Crippen molar-refractivity contribution in [1.29, 1.82) is 0 Å². The van der Waals surface area contributed by atoms with Crippen LogP contribution in [0.25, 0.3) is 0 Å². The summed E-state index contributed by atoms with van der Waals surface area (Å²) in [4.78, 5) is 17.5. The van der Waals surface area contributed by atoms with Crippen LogP contribution in [-0.2, 0) is 29.5 Å². The minimum absolute atomic E-state index is 0.0462. The average Bonchev–Trinajstić information content (AvgIpc) is 3.28. The molecule has 0 aliphatic carbocycles. The third-order valence-electron chi connectivity index (χ3n) is 4.84. The number of carbonyl (C=O) groups is 1. The largest absolute Gasteiger partial charge is 0.453 e. The van der Waals surface area contributed by atoms with Gasteiger partial charge in [-0.05, 0) is 37.6 Å². The van der Waals surface area contributed by atoms with E-state index in [4.69, 9.17) is 4.74 Å². The Bertz CT molecular complexity index is 841. The highest BCUT2D eigenvalue weighted by Gasteiger charge is 2.40. The van der Waals surface area contributed by atoms with Crippen molar-refractivity contribution < 1.29 is 22.7 Å². The number of fused-ring (bicyclic) bond motifs is 2. The molecule has 2 aliphatic rings. The molecule has 0 radical (unpaired) electrons. The number of hydrogen-bond donors (Lipinski definition) is 3. The molecule has 146 valence electrons. The summed E-state index contributed by atoms with van der Waals surface area (Å²) in [6.07, 6.45) is -2.14. The maximum Gasteiger partial charge on any atom is 0.453 e. The van der Waals surface area contributed by atoms with Crippen LogP contribution >= 0.6 is 11.3 Å². The Labute approximate surface area is 156 Å². The van der Waals surface area contributed by atoms with Gasteiger partial charge >= 0.3 is 6.18 Å². The molecule has 0 unspecified atom stereocenters. The second kappa shape index (κ2) is 6.88. The van der Waals surface area contributed by atoms with Gasteiger partial charge in [0.1, 0.15) is 5.82 Å². The van der Waals surface area contributed by atoms with E-state index in [0.29, 0.717) is 11.5 Å². The van der Waals surface area contributed by atoms with Crippen LogP contribution in [0.5, 0.6) is 0 Å². The minimum Gasteiger partial charge on any atom is -0.370 e. The molecule has 7 nitrogen and oxygen atoms in total. The van der Waals surface area contributed by atoms with Gasteiger partial charge in [-0.1, -0.05) is 0 Å². The van der Waals surface area contributed by atoms with Crippen molar-refractivity contribution in [1.82, 2.24) is 25.8 Å². The topological polar surface area (TPSA) is 91.9 Å². The summed E-state index contributed by atoms with van der Waals surface area (Å²) >= 11 is 1.42. The molecule has 1 saturated heterocycles. The number of nitrogens with zero attached hydrogens (tertiary/aromatic N) is 2. The molecule has 0 aromatic carbocycles. The van der Waals surface area contributed by atoms with Crippen LogP contribution in [0.4, 0.5) is 13.2 Å². The number of aromatic nitrogens is 3. The highest BCUT2D eigenvalue weighted by atomic mass is 32.1. The van der Waals surface area contributed by atoms with Crippen molar-refractivity contribution in [3.05, 3.63) is 33.0 Å². The van der Waals surface area contributed by atoms with Gasteiger partial charge in [0.25, 0.3) is 11.7 Å². The van der Waals surface area contributed by atoms with E-state index >= 15 is 0 Å². The van der Waals surface area contributed by atoms with E-state index in [0.717, 1.165) is 42.8 Å². The van der Waals surface area contributed by atoms with Crippen LogP contribution in [0.1, 0.15) is 44.6 Å². The fourth-order valence-corrected chi connectivity index (χ4v) is 4.67. The molecule has 1 fully saturated rings. The van der Waals surface area contributed by atoms with Crippen molar-refractivity contribution >= 4 is 17.2 Å². The lowest BCUT2D eigenvalue weighted by molar-refractivity contribution is -0.144. The average molecular weight is 401 g/mol. The van der Waals surface area contributed by atoms with Crippen LogP contribution in [0.2, 0.25) is 0 Å². The third-order valence-corrected chi connectivity index (χ3v) is 6.04. The lowest BCUT2D eigenvalue weighted by Crippen LogP contribution is -2.44. The smallest absolute Gasteiger partial charge is 0.370 e. The maximum atomic E-state index is 12.5. The Kier molecular flexibility index (Phi) is 4.68. The Morgan fingerprint density at radius 1 is 1.37 bits per heavy atom. The predicted octanol–water partition coefficient (Wildman–Crippen LogP) is 1.97. The Balaban J connectivity index is 1.46. The molecular formula is C16H18F3N5O2S. The molecule has 0 bridgehead atoms. The molecule has 11 heteroatoms. The van der Waals surface area contributed by atoms with Crippen molar-refractivity contribution in [2.75, 3.05) is 19.7 Å². The summed E-state index contributed by atoms with van der Waals surface area (Å²) in [5.74, 6) is -1.64. The summed E-state index contributed by atoms with van der Waals surface area (Å²) < 4.78 is 43.7. The summed E-state index contributed by atoms with van der Waals surface area (Å²) in [7, 11) is 0. The number of ether oxygens (including phenoxy) is 1. The SMILES string of the molecule is O=C(NCc1nc(C(F)(F)F)n[nH]1)c1cc2c(s1)CCOC21CCNCC1. The van der Waals surface area contributed by atoms with E-state index in [-0.39, 0.29) is 23.9 Å². The number of carbonyl (C=O) groups excluding carboxylic acids is 1. The van der Waals surface area contributed by atoms with Gasteiger partial charge in [0, 0.05) is 11.3 Å². The molecule has 4 heterocycles. The number of thiophene rings is 1. The zero-order valence-corrected chi connectivity index (χ0v) is 15.1. The molecule has 2 aromatic heterocycles. The molecule has 0 atom stereocenters. The van der Waals surface area contributed by atoms with Gasteiger partial charge in [-0.2, -0.15) is 13.2 Å². The van der Waals surface area contributed by atoms with Crippen molar-refractivity contribution in [3.8, 4) is 0 Å². The highest BCUT2D eigenvalue weighted by molar-refractivity contribution is 7.14. The summed E-state index contributed by atoms with van der Waals surface area (Å²) in [6.45, 7) is 2.20. The third kappa shape index (κ3) is 3.58. The van der Waals surface area contributed by atoms with E-state index in [1.165, 1.54) is 11.3 Å². The first-order chi connectivity index (χ1) is 12.9. The van der Waals surface area contributed by atoms with E-state index in [2.05, 4.69) is 25.8 Å². The van der Waals surface area contributed by atoms with Crippen LogP contribution in [0.3, 0.4) is 0 Å². The predicted molar refractivity (Wildman–Crippen MR) is 90.3 cm³/mol. The minimum atomic E-state index is -4.62. The van der Waals surface area contributed by atoms with Crippen LogP contribution < -0.4 is 10.6 Å². The lowest BCUT2D eigenvalue weighted by atomic mass is 9.83. The molecule has 0 saturated carbocycles. The molecule has 1 spiro atoms. The molecular weight excluding hydrogens is 383 g/mol. The molecule has 2 aliphatic heterocycles. The molecule has 27 heavy (non-hydrogen) atoms. The number of nitrogens with one attached hydrogen (secondary N) is 3.